The Balaban J connectivity index is 1.57. The van der Waals surface area contributed by atoms with Gasteiger partial charge in [-0.05, 0) is 65.2 Å². The van der Waals surface area contributed by atoms with Gasteiger partial charge in [0.25, 0.3) is 0 Å². The van der Waals surface area contributed by atoms with Crippen molar-refractivity contribution in [2.75, 3.05) is 42.3 Å². The maximum atomic E-state index is 14.4. The summed E-state index contributed by atoms with van der Waals surface area (Å²) in [5.74, 6) is -0.0849. The number of ether oxygens (including phenoxy) is 1. The van der Waals surface area contributed by atoms with E-state index in [0.29, 0.717) is 42.4 Å². The van der Waals surface area contributed by atoms with E-state index < -0.39 is 29.3 Å². The third kappa shape index (κ3) is 6.69. The molecular formula is C32H39ClF3N7O4. The number of hydrogen-bond acceptors (Lipinski definition) is 8. The molecule has 0 spiro atoms. The van der Waals surface area contributed by atoms with Crippen molar-refractivity contribution in [3.8, 4) is 0 Å². The Bertz CT molecular complexity index is 1790. The first-order valence-corrected chi connectivity index (χ1v) is 15.8. The van der Waals surface area contributed by atoms with Crippen molar-refractivity contribution < 1.29 is 27.5 Å². The molecule has 1 aromatic carbocycles. The van der Waals surface area contributed by atoms with Gasteiger partial charge in [0, 0.05) is 38.9 Å². The van der Waals surface area contributed by atoms with E-state index in [0.717, 1.165) is 31.0 Å². The van der Waals surface area contributed by atoms with Crippen molar-refractivity contribution in [1.29, 1.82) is 0 Å². The number of amides is 2. The van der Waals surface area contributed by atoms with Gasteiger partial charge in [0.15, 0.2) is 17.0 Å². The average molecular weight is 678 g/mol. The summed E-state index contributed by atoms with van der Waals surface area (Å²) in [4.78, 5) is 55.9. The molecule has 1 N–H and O–H groups in total. The fourth-order valence-electron chi connectivity index (χ4n) is 6.28. The molecule has 5 rings (SSSR count). The largest absolute Gasteiger partial charge is 0.444 e. The van der Waals surface area contributed by atoms with Crippen LogP contribution in [-0.2, 0) is 28.7 Å². The summed E-state index contributed by atoms with van der Waals surface area (Å²) >= 11 is 6.12. The first-order chi connectivity index (χ1) is 21.9. The van der Waals surface area contributed by atoms with Crippen molar-refractivity contribution in [3.63, 3.8) is 0 Å². The molecule has 1 aliphatic heterocycles. The summed E-state index contributed by atoms with van der Waals surface area (Å²) in [6, 6.07) is 2.40. The van der Waals surface area contributed by atoms with Crippen molar-refractivity contribution in [2.45, 2.75) is 84.3 Å². The molecule has 2 atom stereocenters. The maximum Gasteiger partial charge on any atom is 0.416 e. The van der Waals surface area contributed by atoms with Crippen LogP contribution in [0, 0.1) is 6.92 Å². The highest BCUT2D eigenvalue weighted by molar-refractivity contribution is 6.33. The number of fused-ring (bicyclic) bond motifs is 2. The number of aromatic nitrogens is 3. The highest BCUT2D eigenvalue weighted by atomic mass is 35.5. The SMILES string of the molecule is CCc1c(N2CCN(C(=O)OC(C)(C)C)[C@H]3CC[C@@H]32)c(=O)c2nc(N(C)C)c(C)nc2n1CC(=O)Nc1ccc(C(F)(F)F)cc1Cl. The number of alkyl halides is 3. The minimum Gasteiger partial charge on any atom is -0.444 e. The second-order valence-electron chi connectivity index (χ2n) is 13.1. The van der Waals surface area contributed by atoms with Crippen molar-refractivity contribution in [2.24, 2.45) is 0 Å². The summed E-state index contributed by atoms with van der Waals surface area (Å²) < 4.78 is 46.8. The smallest absolute Gasteiger partial charge is 0.416 e. The van der Waals surface area contributed by atoms with E-state index in [2.05, 4.69) is 5.32 Å². The summed E-state index contributed by atoms with van der Waals surface area (Å²) in [6.45, 7) is 9.46. The molecule has 1 aliphatic carbocycles. The molecule has 1 saturated heterocycles. The van der Waals surface area contributed by atoms with E-state index >= 15 is 0 Å². The third-order valence-electron chi connectivity index (χ3n) is 8.44. The van der Waals surface area contributed by atoms with Crippen LogP contribution in [-0.4, -0.2) is 76.3 Å². The first kappa shape index (κ1) is 34.3. The molecule has 2 aromatic heterocycles. The van der Waals surface area contributed by atoms with E-state index in [9.17, 15) is 27.6 Å². The average Bonchev–Trinajstić information content (AvgIpc) is 2.93. The van der Waals surface area contributed by atoms with Gasteiger partial charge in [-0.15, -0.1) is 0 Å². The predicted octanol–water partition coefficient (Wildman–Crippen LogP) is 5.63. The number of hydrogen-bond donors (Lipinski definition) is 1. The number of pyridine rings is 1. The van der Waals surface area contributed by atoms with Crippen LogP contribution >= 0.6 is 11.6 Å². The zero-order valence-corrected chi connectivity index (χ0v) is 28.2. The van der Waals surface area contributed by atoms with Crippen LogP contribution in [0.15, 0.2) is 23.0 Å². The van der Waals surface area contributed by atoms with Gasteiger partial charge in [0.2, 0.25) is 11.3 Å². The second-order valence-corrected chi connectivity index (χ2v) is 13.5. The van der Waals surface area contributed by atoms with E-state index in [1.165, 1.54) is 0 Å². The van der Waals surface area contributed by atoms with Crippen molar-refractivity contribution >= 4 is 52.0 Å². The monoisotopic (exact) mass is 677 g/mol. The number of aryl methyl sites for hydroxylation is 1. The summed E-state index contributed by atoms with van der Waals surface area (Å²) in [7, 11) is 3.58. The number of carbonyl (C=O) groups is 2. The van der Waals surface area contributed by atoms with E-state index in [1.807, 2.05) is 32.6 Å². The molecule has 47 heavy (non-hydrogen) atoms. The fourth-order valence-corrected chi connectivity index (χ4v) is 6.50. The number of halogens is 4. The quantitative estimate of drug-likeness (QED) is 0.358. The Morgan fingerprint density at radius 3 is 2.34 bits per heavy atom. The van der Waals surface area contributed by atoms with Gasteiger partial charge in [0.05, 0.1) is 28.0 Å². The van der Waals surface area contributed by atoms with E-state index in [1.54, 1.807) is 35.4 Å². The Labute approximate surface area is 275 Å². The zero-order chi connectivity index (χ0) is 34.6. The topological polar surface area (TPSA) is 113 Å². The number of anilines is 3. The number of nitrogens with zero attached hydrogens (tertiary/aromatic N) is 6. The zero-order valence-electron chi connectivity index (χ0n) is 27.5. The minimum atomic E-state index is -4.59. The lowest BCUT2D eigenvalue weighted by molar-refractivity contribution is -0.137. The van der Waals surface area contributed by atoms with Crippen LogP contribution < -0.4 is 20.5 Å². The predicted molar refractivity (Wildman–Crippen MR) is 174 cm³/mol. The number of carbonyl (C=O) groups excluding carboxylic acids is 2. The lowest BCUT2D eigenvalue weighted by Gasteiger charge is -2.54. The molecular weight excluding hydrogens is 639 g/mol. The molecule has 15 heteroatoms. The maximum absolute atomic E-state index is 14.4. The highest BCUT2D eigenvalue weighted by Crippen LogP contribution is 2.39. The van der Waals surface area contributed by atoms with Crippen molar-refractivity contribution in [1.82, 2.24) is 19.4 Å². The van der Waals surface area contributed by atoms with Gasteiger partial charge in [-0.2, -0.15) is 13.2 Å². The molecule has 3 heterocycles. The summed E-state index contributed by atoms with van der Waals surface area (Å²) in [5, 5.41) is 2.35. The molecule has 11 nitrogen and oxygen atoms in total. The molecule has 254 valence electrons. The molecule has 0 unspecified atom stereocenters. The first-order valence-electron chi connectivity index (χ1n) is 15.5. The van der Waals surface area contributed by atoms with Crippen LogP contribution in [0.25, 0.3) is 11.2 Å². The van der Waals surface area contributed by atoms with Crippen LogP contribution in [0.2, 0.25) is 5.02 Å². The summed E-state index contributed by atoms with van der Waals surface area (Å²) in [5.41, 5.74) is -0.119. The number of nitrogens with one attached hydrogen (secondary N) is 1. The van der Waals surface area contributed by atoms with Gasteiger partial charge in [-0.3, -0.25) is 9.59 Å². The van der Waals surface area contributed by atoms with Gasteiger partial charge >= 0.3 is 12.3 Å². The highest BCUT2D eigenvalue weighted by Gasteiger charge is 2.47. The Morgan fingerprint density at radius 2 is 1.79 bits per heavy atom. The third-order valence-corrected chi connectivity index (χ3v) is 8.76. The van der Waals surface area contributed by atoms with Gasteiger partial charge in [-0.25, -0.2) is 14.8 Å². The fraction of sp³-hybridized carbons (Fsp3) is 0.531. The van der Waals surface area contributed by atoms with E-state index in [-0.39, 0.29) is 45.9 Å². The van der Waals surface area contributed by atoms with Crippen LogP contribution in [0.4, 0.5) is 35.2 Å². The molecule has 2 amide bonds. The Hall–Kier alpha value is -4.07. The molecule has 0 radical (unpaired) electrons. The standard InChI is InChI=1S/C32H39ClF3N7O4/c1-8-21-26(41-13-14-42(23-12-11-22(23)41)30(46)47-31(3,4)5)27(45)25-29(37-17(2)28(39-25)40(6)7)43(21)16-24(44)38-20-10-9-18(15-19(20)33)32(34,35)36/h9-10,15,22-23H,8,11-14,16H2,1-7H3,(H,38,44)/t22-,23-/m0/s1. The normalized spacial score (nSPS) is 18.1. The van der Waals surface area contributed by atoms with Gasteiger partial charge < -0.3 is 29.3 Å². The van der Waals surface area contributed by atoms with Crippen LogP contribution in [0.1, 0.15) is 57.5 Å². The minimum absolute atomic E-state index is 0.0148. The molecule has 1 saturated carbocycles. The lowest BCUT2D eigenvalue weighted by Crippen LogP contribution is -2.67. The second kappa shape index (κ2) is 12.5. The van der Waals surface area contributed by atoms with Gasteiger partial charge in [0.1, 0.15) is 17.8 Å². The molecule has 2 aliphatic rings. The molecule has 3 aromatic rings. The van der Waals surface area contributed by atoms with Crippen LogP contribution in [0.3, 0.4) is 0 Å². The Kier molecular flexibility index (Phi) is 9.12. The summed E-state index contributed by atoms with van der Waals surface area (Å²) in [6.07, 6.45) is -3.12. The van der Waals surface area contributed by atoms with Gasteiger partial charge in [-0.1, -0.05) is 18.5 Å². The molecule has 2 fully saturated rings. The number of piperazine rings is 1. The lowest BCUT2D eigenvalue weighted by atomic mass is 9.81. The van der Waals surface area contributed by atoms with E-state index in [4.69, 9.17) is 26.3 Å². The van der Waals surface area contributed by atoms with Crippen molar-refractivity contribution in [3.05, 3.63) is 50.4 Å². The van der Waals surface area contributed by atoms with Crippen LogP contribution in [0.5, 0.6) is 0 Å². The Morgan fingerprint density at radius 1 is 1.11 bits per heavy atom. The molecule has 0 bridgehead atoms. The number of benzene rings is 1. The number of rotatable bonds is 6.